The minimum atomic E-state index is 0.259. The minimum Gasteiger partial charge on any atom is -0.245 e. The molecule has 0 aromatic carbocycles. The van der Waals surface area contributed by atoms with Crippen LogP contribution in [0.3, 0.4) is 0 Å². The van der Waals surface area contributed by atoms with Crippen molar-refractivity contribution < 1.29 is 0 Å². The number of nitrogens with zero attached hydrogens (tertiary/aromatic N) is 2. The molecule has 0 aliphatic heterocycles. The van der Waals surface area contributed by atoms with Gasteiger partial charge in [0.2, 0.25) is 0 Å². The van der Waals surface area contributed by atoms with Gasteiger partial charge in [-0.05, 0) is 23.8 Å². The first-order chi connectivity index (χ1) is 7.73. The highest BCUT2D eigenvalue weighted by atomic mass is 14.8. The predicted molar refractivity (Wildman–Crippen MR) is 68.4 cm³/mol. The van der Waals surface area contributed by atoms with Crippen LogP contribution in [-0.4, -0.2) is 9.97 Å². The average molecular weight is 220 g/mol. The molecule has 2 nitrogen and oxygen atoms in total. The Morgan fingerprint density at radius 3 is 2.31 bits per heavy atom. The minimum absolute atomic E-state index is 0.259. The lowest BCUT2D eigenvalue weighted by Gasteiger charge is -2.28. The quantitative estimate of drug-likeness (QED) is 0.646. The van der Waals surface area contributed by atoms with Gasteiger partial charge < -0.3 is 0 Å². The molecule has 1 atom stereocenters. The molecule has 0 aliphatic carbocycles. The molecule has 1 heterocycles. The van der Waals surface area contributed by atoms with E-state index in [1.165, 1.54) is 37.7 Å². The third-order valence-electron chi connectivity index (χ3n) is 3.62. The lowest BCUT2D eigenvalue weighted by molar-refractivity contribution is 0.393. The fraction of sp³-hybridized carbons (Fsp3) is 0.714. The van der Waals surface area contributed by atoms with Crippen LogP contribution in [0, 0.1) is 0 Å². The molecule has 2 heteroatoms. The highest BCUT2D eigenvalue weighted by Crippen LogP contribution is 2.32. The summed E-state index contributed by atoms with van der Waals surface area (Å²) in [5, 5.41) is 0. The van der Waals surface area contributed by atoms with Crippen molar-refractivity contribution in [1.82, 2.24) is 9.97 Å². The van der Waals surface area contributed by atoms with E-state index in [0.29, 0.717) is 0 Å². The standard InChI is InChI=1S/C14H24N2/c1-4-6-7-8-9-14(3,5-2)13-10-15-12-16-11-13/h10-12H,4-9H2,1-3H3. The van der Waals surface area contributed by atoms with Crippen molar-refractivity contribution in [3.63, 3.8) is 0 Å². The van der Waals surface area contributed by atoms with Gasteiger partial charge in [0, 0.05) is 12.4 Å². The molecule has 0 amide bonds. The van der Waals surface area contributed by atoms with Crippen LogP contribution < -0.4 is 0 Å². The molecule has 0 fully saturated rings. The van der Waals surface area contributed by atoms with Gasteiger partial charge in [-0.15, -0.1) is 0 Å². The summed E-state index contributed by atoms with van der Waals surface area (Å²) >= 11 is 0. The van der Waals surface area contributed by atoms with Crippen LogP contribution >= 0.6 is 0 Å². The van der Waals surface area contributed by atoms with Gasteiger partial charge in [-0.1, -0.05) is 46.5 Å². The second-order valence-corrected chi connectivity index (χ2v) is 4.85. The second kappa shape index (κ2) is 6.62. The van der Waals surface area contributed by atoms with E-state index in [0.717, 1.165) is 6.42 Å². The number of unbranched alkanes of at least 4 members (excludes halogenated alkanes) is 3. The zero-order valence-electron chi connectivity index (χ0n) is 10.9. The fourth-order valence-electron chi connectivity index (χ4n) is 2.08. The first-order valence-corrected chi connectivity index (χ1v) is 6.48. The Kier molecular flexibility index (Phi) is 5.44. The van der Waals surface area contributed by atoms with Gasteiger partial charge in [-0.2, -0.15) is 0 Å². The predicted octanol–water partition coefficient (Wildman–Crippen LogP) is 4.11. The van der Waals surface area contributed by atoms with Crippen molar-refractivity contribution in [3.8, 4) is 0 Å². The van der Waals surface area contributed by atoms with E-state index < -0.39 is 0 Å². The van der Waals surface area contributed by atoms with Crippen molar-refractivity contribution >= 4 is 0 Å². The van der Waals surface area contributed by atoms with E-state index in [2.05, 4.69) is 30.7 Å². The van der Waals surface area contributed by atoms with Gasteiger partial charge in [0.05, 0.1) is 0 Å². The first kappa shape index (κ1) is 13.1. The van der Waals surface area contributed by atoms with E-state index in [4.69, 9.17) is 0 Å². The topological polar surface area (TPSA) is 25.8 Å². The Morgan fingerprint density at radius 2 is 1.75 bits per heavy atom. The summed E-state index contributed by atoms with van der Waals surface area (Å²) in [6, 6.07) is 0. The van der Waals surface area contributed by atoms with Crippen LogP contribution in [0.1, 0.15) is 64.9 Å². The fourth-order valence-corrected chi connectivity index (χ4v) is 2.08. The third kappa shape index (κ3) is 3.58. The number of rotatable bonds is 7. The van der Waals surface area contributed by atoms with Crippen molar-refractivity contribution in [1.29, 1.82) is 0 Å². The normalized spacial score (nSPS) is 14.7. The summed E-state index contributed by atoms with van der Waals surface area (Å²) < 4.78 is 0. The molecule has 0 radical (unpaired) electrons. The highest BCUT2D eigenvalue weighted by Gasteiger charge is 2.24. The second-order valence-electron chi connectivity index (χ2n) is 4.85. The summed E-state index contributed by atoms with van der Waals surface area (Å²) in [5.74, 6) is 0. The van der Waals surface area contributed by atoms with E-state index in [1.54, 1.807) is 6.33 Å². The van der Waals surface area contributed by atoms with Crippen molar-refractivity contribution in [2.45, 2.75) is 64.7 Å². The molecule has 1 unspecified atom stereocenters. The molecule has 0 saturated carbocycles. The van der Waals surface area contributed by atoms with E-state index in [9.17, 15) is 0 Å². The van der Waals surface area contributed by atoms with Gasteiger partial charge in [0.1, 0.15) is 6.33 Å². The molecule has 0 N–H and O–H groups in total. The SMILES string of the molecule is CCCCCCC(C)(CC)c1cncnc1. The van der Waals surface area contributed by atoms with Crippen LogP contribution in [-0.2, 0) is 5.41 Å². The zero-order valence-corrected chi connectivity index (χ0v) is 10.9. The Balaban J connectivity index is 2.56. The smallest absolute Gasteiger partial charge is 0.115 e. The van der Waals surface area contributed by atoms with Gasteiger partial charge in [-0.25, -0.2) is 9.97 Å². The molecular formula is C14H24N2. The summed E-state index contributed by atoms with van der Waals surface area (Å²) in [5.41, 5.74) is 1.55. The van der Waals surface area contributed by atoms with Crippen LogP contribution in [0.5, 0.6) is 0 Å². The maximum atomic E-state index is 4.13. The molecule has 1 aromatic rings. The van der Waals surface area contributed by atoms with Gasteiger partial charge in [-0.3, -0.25) is 0 Å². The summed E-state index contributed by atoms with van der Waals surface area (Å²) in [7, 11) is 0. The lowest BCUT2D eigenvalue weighted by atomic mass is 9.77. The van der Waals surface area contributed by atoms with E-state index in [-0.39, 0.29) is 5.41 Å². The zero-order chi connectivity index (χ0) is 11.9. The van der Waals surface area contributed by atoms with Crippen molar-refractivity contribution in [3.05, 3.63) is 24.3 Å². The molecule has 0 saturated heterocycles. The van der Waals surface area contributed by atoms with Crippen LogP contribution in [0.15, 0.2) is 18.7 Å². The summed E-state index contributed by atoms with van der Waals surface area (Å²) in [6.45, 7) is 6.84. The summed E-state index contributed by atoms with van der Waals surface area (Å²) in [4.78, 5) is 8.26. The molecule has 1 rings (SSSR count). The van der Waals surface area contributed by atoms with Crippen molar-refractivity contribution in [2.75, 3.05) is 0 Å². The lowest BCUT2D eigenvalue weighted by Crippen LogP contribution is -2.21. The maximum Gasteiger partial charge on any atom is 0.115 e. The highest BCUT2D eigenvalue weighted by molar-refractivity contribution is 5.16. The number of hydrogen-bond acceptors (Lipinski definition) is 2. The molecule has 90 valence electrons. The Morgan fingerprint density at radius 1 is 1.06 bits per heavy atom. The first-order valence-electron chi connectivity index (χ1n) is 6.48. The van der Waals surface area contributed by atoms with Gasteiger partial charge in [0.15, 0.2) is 0 Å². The van der Waals surface area contributed by atoms with Gasteiger partial charge in [0.25, 0.3) is 0 Å². The Bertz CT molecular complexity index is 284. The largest absolute Gasteiger partial charge is 0.245 e. The molecule has 0 bridgehead atoms. The summed E-state index contributed by atoms with van der Waals surface area (Å²) in [6.07, 6.45) is 13.3. The van der Waals surface area contributed by atoms with Gasteiger partial charge >= 0.3 is 0 Å². The Hall–Kier alpha value is -0.920. The van der Waals surface area contributed by atoms with Crippen molar-refractivity contribution in [2.24, 2.45) is 0 Å². The van der Waals surface area contributed by atoms with E-state index in [1.807, 2.05) is 12.4 Å². The average Bonchev–Trinajstić information content (AvgIpc) is 2.35. The monoisotopic (exact) mass is 220 g/mol. The number of aromatic nitrogens is 2. The molecular weight excluding hydrogens is 196 g/mol. The van der Waals surface area contributed by atoms with E-state index >= 15 is 0 Å². The third-order valence-corrected chi connectivity index (χ3v) is 3.62. The number of hydrogen-bond donors (Lipinski definition) is 0. The molecule has 1 aromatic heterocycles. The maximum absolute atomic E-state index is 4.13. The van der Waals surface area contributed by atoms with Crippen LogP contribution in [0.25, 0.3) is 0 Å². The van der Waals surface area contributed by atoms with Crippen LogP contribution in [0.4, 0.5) is 0 Å². The van der Waals surface area contributed by atoms with Crippen LogP contribution in [0.2, 0.25) is 0 Å². The Labute approximate surface area is 99.5 Å². The molecule has 0 spiro atoms. The molecule has 16 heavy (non-hydrogen) atoms. The molecule has 0 aliphatic rings.